The molecular weight excluding hydrogens is 238 g/mol. The molecule has 1 saturated carbocycles. The van der Waals surface area contributed by atoms with Crippen molar-refractivity contribution in [1.29, 1.82) is 0 Å². The van der Waals surface area contributed by atoms with Gasteiger partial charge in [0.25, 0.3) is 0 Å². The largest absolute Gasteiger partial charge is 0.354 e. The van der Waals surface area contributed by atoms with E-state index in [1.54, 1.807) is 0 Å². The number of hydrogen-bond acceptors (Lipinski definition) is 3. The number of nitrogens with zero attached hydrogens (tertiary/aromatic N) is 1. The molecule has 0 aromatic heterocycles. The number of piperidine rings is 1. The first-order valence-electron chi connectivity index (χ1n) is 7.96. The molecule has 0 atom stereocenters. The summed E-state index contributed by atoms with van der Waals surface area (Å²) in [5, 5.41) is 6.37. The van der Waals surface area contributed by atoms with Gasteiger partial charge in [-0.05, 0) is 44.7 Å². The lowest BCUT2D eigenvalue weighted by Crippen LogP contribution is -2.42. The molecule has 4 nitrogen and oxygen atoms in total. The maximum atomic E-state index is 11.7. The average molecular weight is 267 g/mol. The Bertz CT molecular complexity index is 269. The first-order chi connectivity index (χ1) is 9.24. The van der Waals surface area contributed by atoms with Crippen molar-refractivity contribution < 1.29 is 4.79 Å². The number of carbonyl (C=O) groups excluding carboxylic acids is 1. The van der Waals surface area contributed by atoms with E-state index >= 15 is 0 Å². The molecule has 110 valence electrons. The number of amides is 1. The molecule has 1 aliphatic carbocycles. The number of rotatable bonds is 6. The SMILES string of the molecule is CC1CCN(CCNC(=O)CNC2CCCC2)CC1. The molecule has 2 rings (SSSR count). The van der Waals surface area contributed by atoms with E-state index in [0.29, 0.717) is 12.6 Å². The molecule has 1 saturated heterocycles. The van der Waals surface area contributed by atoms with Gasteiger partial charge in [0.1, 0.15) is 0 Å². The van der Waals surface area contributed by atoms with E-state index in [1.165, 1.54) is 51.6 Å². The van der Waals surface area contributed by atoms with Crippen molar-refractivity contribution in [2.45, 2.75) is 51.5 Å². The summed E-state index contributed by atoms with van der Waals surface area (Å²) >= 11 is 0. The lowest BCUT2D eigenvalue weighted by atomic mass is 9.99. The minimum absolute atomic E-state index is 0.150. The third-order valence-electron chi connectivity index (χ3n) is 4.53. The van der Waals surface area contributed by atoms with Crippen LogP contribution in [0, 0.1) is 5.92 Å². The summed E-state index contributed by atoms with van der Waals surface area (Å²) in [7, 11) is 0. The lowest BCUT2D eigenvalue weighted by Gasteiger charge is -2.30. The maximum Gasteiger partial charge on any atom is 0.234 e. The van der Waals surface area contributed by atoms with Crippen molar-refractivity contribution >= 4 is 5.91 Å². The highest BCUT2D eigenvalue weighted by atomic mass is 16.1. The normalized spacial score (nSPS) is 22.8. The fourth-order valence-corrected chi connectivity index (χ4v) is 3.07. The molecule has 2 N–H and O–H groups in total. The van der Waals surface area contributed by atoms with Gasteiger partial charge in [-0.15, -0.1) is 0 Å². The predicted octanol–water partition coefficient (Wildman–Crippen LogP) is 1.37. The molecule has 0 aromatic carbocycles. The van der Waals surface area contributed by atoms with Crippen molar-refractivity contribution in [2.75, 3.05) is 32.7 Å². The van der Waals surface area contributed by atoms with Gasteiger partial charge in [-0.3, -0.25) is 4.79 Å². The zero-order chi connectivity index (χ0) is 13.5. The smallest absolute Gasteiger partial charge is 0.234 e. The molecule has 1 heterocycles. The van der Waals surface area contributed by atoms with Gasteiger partial charge in [-0.25, -0.2) is 0 Å². The highest BCUT2D eigenvalue weighted by Crippen LogP contribution is 2.17. The standard InChI is InChI=1S/C15H29N3O/c1-13-6-9-18(10-7-13)11-8-16-15(19)12-17-14-4-2-3-5-14/h13-14,17H,2-12H2,1H3,(H,16,19). The topological polar surface area (TPSA) is 44.4 Å². The summed E-state index contributed by atoms with van der Waals surface area (Å²) in [6.07, 6.45) is 7.70. The van der Waals surface area contributed by atoms with Crippen molar-refractivity contribution in [3.63, 3.8) is 0 Å². The summed E-state index contributed by atoms with van der Waals surface area (Å²) in [6, 6.07) is 0.578. The predicted molar refractivity (Wildman–Crippen MR) is 78.1 cm³/mol. The van der Waals surface area contributed by atoms with Crippen molar-refractivity contribution in [1.82, 2.24) is 15.5 Å². The third kappa shape index (κ3) is 5.49. The Kier molecular flexibility index (Phi) is 6.11. The zero-order valence-electron chi connectivity index (χ0n) is 12.3. The van der Waals surface area contributed by atoms with Crippen LogP contribution in [0.5, 0.6) is 0 Å². The number of nitrogens with one attached hydrogen (secondary N) is 2. The molecule has 19 heavy (non-hydrogen) atoms. The van der Waals surface area contributed by atoms with Gasteiger partial charge in [0.2, 0.25) is 5.91 Å². The van der Waals surface area contributed by atoms with E-state index in [0.717, 1.165) is 19.0 Å². The highest BCUT2D eigenvalue weighted by molar-refractivity contribution is 5.77. The van der Waals surface area contributed by atoms with Gasteiger partial charge in [0.05, 0.1) is 6.54 Å². The highest BCUT2D eigenvalue weighted by Gasteiger charge is 2.16. The second-order valence-corrected chi connectivity index (χ2v) is 6.24. The summed E-state index contributed by atoms with van der Waals surface area (Å²) in [5.74, 6) is 1.03. The third-order valence-corrected chi connectivity index (χ3v) is 4.53. The van der Waals surface area contributed by atoms with E-state index in [-0.39, 0.29) is 5.91 Å². The molecule has 2 fully saturated rings. The molecule has 0 aromatic rings. The summed E-state index contributed by atoms with van der Waals surface area (Å²) < 4.78 is 0. The van der Waals surface area contributed by atoms with Crippen LogP contribution in [0.4, 0.5) is 0 Å². The van der Waals surface area contributed by atoms with Crippen LogP contribution in [0.25, 0.3) is 0 Å². The molecule has 0 unspecified atom stereocenters. The fourth-order valence-electron chi connectivity index (χ4n) is 3.07. The minimum atomic E-state index is 0.150. The summed E-state index contributed by atoms with van der Waals surface area (Å²) in [6.45, 7) is 6.99. The van der Waals surface area contributed by atoms with E-state index < -0.39 is 0 Å². The Hall–Kier alpha value is -0.610. The van der Waals surface area contributed by atoms with E-state index in [2.05, 4.69) is 22.5 Å². The van der Waals surface area contributed by atoms with Crippen molar-refractivity contribution in [3.8, 4) is 0 Å². The Morgan fingerprint density at radius 1 is 1.16 bits per heavy atom. The first-order valence-corrected chi connectivity index (χ1v) is 7.96. The molecule has 4 heteroatoms. The van der Waals surface area contributed by atoms with Crippen LogP contribution in [0.2, 0.25) is 0 Å². The Morgan fingerprint density at radius 2 is 1.84 bits per heavy atom. The van der Waals surface area contributed by atoms with Gasteiger partial charge in [-0.1, -0.05) is 19.8 Å². The van der Waals surface area contributed by atoms with Crippen molar-refractivity contribution in [2.24, 2.45) is 5.92 Å². The molecule has 0 spiro atoms. The van der Waals surface area contributed by atoms with Gasteiger partial charge in [0, 0.05) is 19.1 Å². The lowest BCUT2D eigenvalue weighted by molar-refractivity contribution is -0.120. The van der Waals surface area contributed by atoms with E-state index in [1.807, 2.05) is 0 Å². The monoisotopic (exact) mass is 267 g/mol. The Labute approximate surface area is 117 Å². The summed E-state index contributed by atoms with van der Waals surface area (Å²) in [4.78, 5) is 14.2. The van der Waals surface area contributed by atoms with E-state index in [9.17, 15) is 4.79 Å². The van der Waals surface area contributed by atoms with Crippen LogP contribution >= 0.6 is 0 Å². The molecule has 0 bridgehead atoms. The minimum Gasteiger partial charge on any atom is -0.354 e. The van der Waals surface area contributed by atoms with Crippen LogP contribution in [0.3, 0.4) is 0 Å². The Balaban J connectivity index is 1.49. The van der Waals surface area contributed by atoms with Crippen LogP contribution in [-0.4, -0.2) is 49.6 Å². The van der Waals surface area contributed by atoms with Gasteiger partial charge < -0.3 is 15.5 Å². The quantitative estimate of drug-likeness (QED) is 0.764. The summed E-state index contributed by atoms with van der Waals surface area (Å²) in [5.41, 5.74) is 0. The van der Waals surface area contributed by atoms with E-state index in [4.69, 9.17) is 0 Å². The van der Waals surface area contributed by atoms with Gasteiger partial charge >= 0.3 is 0 Å². The van der Waals surface area contributed by atoms with Gasteiger partial charge in [0.15, 0.2) is 0 Å². The van der Waals surface area contributed by atoms with Crippen LogP contribution < -0.4 is 10.6 Å². The van der Waals surface area contributed by atoms with Crippen LogP contribution in [0.1, 0.15) is 45.4 Å². The fraction of sp³-hybridized carbons (Fsp3) is 0.933. The Morgan fingerprint density at radius 3 is 2.53 bits per heavy atom. The number of carbonyl (C=O) groups is 1. The zero-order valence-corrected chi connectivity index (χ0v) is 12.3. The maximum absolute atomic E-state index is 11.7. The number of hydrogen-bond donors (Lipinski definition) is 2. The number of likely N-dealkylation sites (tertiary alicyclic amines) is 1. The first kappa shape index (κ1) is 14.8. The molecule has 2 aliphatic rings. The van der Waals surface area contributed by atoms with Crippen molar-refractivity contribution in [3.05, 3.63) is 0 Å². The molecular formula is C15H29N3O. The second-order valence-electron chi connectivity index (χ2n) is 6.24. The van der Waals surface area contributed by atoms with Crippen LogP contribution in [0.15, 0.2) is 0 Å². The molecule has 1 amide bonds. The molecule has 0 radical (unpaired) electrons. The molecule has 1 aliphatic heterocycles. The van der Waals surface area contributed by atoms with Crippen LogP contribution in [-0.2, 0) is 4.79 Å². The second kappa shape index (κ2) is 7.85. The average Bonchev–Trinajstić information content (AvgIpc) is 2.92. The van der Waals surface area contributed by atoms with Gasteiger partial charge in [-0.2, -0.15) is 0 Å².